The lowest BCUT2D eigenvalue weighted by Crippen LogP contribution is -2.43. The quantitative estimate of drug-likeness (QED) is 0.927. The highest BCUT2D eigenvalue weighted by Gasteiger charge is 2.35. The normalized spacial score (nSPS) is 22.8. The molecular formula is C17H22N2O2. The van der Waals surface area contributed by atoms with E-state index in [4.69, 9.17) is 0 Å². The SMILES string of the molecule is Cc1ccc(N2CC[C@@H](NC(=O)C3CCCC3)C2=O)cc1. The molecule has 112 valence electrons. The maximum atomic E-state index is 12.5. The van der Waals surface area contributed by atoms with Gasteiger partial charge >= 0.3 is 0 Å². The van der Waals surface area contributed by atoms with E-state index in [1.54, 1.807) is 4.90 Å². The first-order valence-electron chi connectivity index (χ1n) is 7.83. The van der Waals surface area contributed by atoms with Crippen molar-refractivity contribution in [2.24, 2.45) is 5.92 Å². The second kappa shape index (κ2) is 5.88. The zero-order chi connectivity index (χ0) is 14.8. The monoisotopic (exact) mass is 286 g/mol. The minimum Gasteiger partial charge on any atom is -0.344 e. The van der Waals surface area contributed by atoms with E-state index in [9.17, 15) is 9.59 Å². The fourth-order valence-electron chi connectivity index (χ4n) is 3.27. The predicted octanol–water partition coefficient (Wildman–Crippen LogP) is 2.41. The number of nitrogens with zero attached hydrogens (tertiary/aromatic N) is 1. The summed E-state index contributed by atoms with van der Waals surface area (Å²) in [5, 5.41) is 2.95. The van der Waals surface area contributed by atoms with Crippen molar-refractivity contribution in [1.29, 1.82) is 0 Å². The molecule has 4 heteroatoms. The van der Waals surface area contributed by atoms with E-state index in [1.807, 2.05) is 31.2 Å². The molecule has 21 heavy (non-hydrogen) atoms. The van der Waals surface area contributed by atoms with Crippen LogP contribution in [0.4, 0.5) is 5.69 Å². The summed E-state index contributed by atoms with van der Waals surface area (Å²) in [6.45, 7) is 2.71. The molecule has 2 aliphatic rings. The van der Waals surface area contributed by atoms with Crippen LogP contribution in [-0.2, 0) is 9.59 Å². The molecule has 1 saturated heterocycles. The summed E-state index contributed by atoms with van der Waals surface area (Å²) in [4.78, 5) is 26.4. The number of anilines is 1. The molecule has 3 rings (SSSR count). The van der Waals surface area contributed by atoms with Crippen molar-refractivity contribution in [1.82, 2.24) is 5.32 Å². The number of carbonyl (C=O) groups excluding carboxylic acids is 2. The van der Waals surface area contributed by atoms with Gasteiger partial charge in [-0.3, -0.25) is 9.59 Å². The van der Waals surface area contributed by atoms with E-state index in [0.29, 0.717) is 13.0 Å². The van der Waals surface area contributed by atoms with Crippen LogP contribution in [-0.4, -0.2) is 24.4 Å². The molecule has 1 aliphatic heterocycles. The molecular weight excluding hydrogens is 264 g/mol. The zero-order valence-electron chi connectivity index (χ0n) is 12.5. The summed E-state index contributed by atoms with van der Waals surface area (Å²) in [5.74, 6) is 0.202. The van der Waals surface area contributed by atoms with Crippen molar-refractivity contribution in [3.05, 3.63) is 29.8 Å². The van der Waals surface area contributed by atoms with E-state index < -0.39 is 0 Å². The smallest absolute Gasteiger partial charge is 0.249 e. The van der Waals surface area contributed by atoms with Crippen LogP contribution < -0.4 is 10.2 Å². The van der Waals surface area contributed by atoms with Crippen molar-refractivity contribution in [2.75, 3.05) is 11.4 Å². The maximum Gasteiger partial charge on any atom is 0.249 e. The predicted molar refractivity (Wildman–Crippen MR) is 82.0 cm³/mol. The van der Waals surface area contributed by atoms with E-state index >= 15 is 0 Å². The molecule has 1 atom stereocenters. The van der Waals surface area contributed by atoms with E-state index in [-0.39, 0.29) is 23.8 Å². The maximum absolute atomic E-state index is 12.5. The van der Waals surface area contributed by atoms with Gasteiger partial charge in [-0.25, -0.2) is 0 Å². The van der Waals surface area contributed by atoms with Crippen molar-refractivity contribution in [2.45, 2.75) is 45.1 Å². The standard InChI is InChI=1S/C17H22N2O2/c1-12-6-8-14(9-7-12)19-11-10-15(17(19)21)18-16(20)13-4-2-3-5-13/h6-9,13,15H,2-5,10-11H2,1H3,(H,18,20)/t15-/m1/s1. The second-order valence-electron chi connectivity index (χ2n) is 6.16. The van der Waals surface area contributed by atoms with Crippen molar-refractivity contribution in [3.8, 4) is 0 Å². The molecule has 0 radical (unpaired) electrons. The summed E-state index contributed by atoms with van der Waals surface area (Å²) in [7, 11) is 0. The molecule has 1 N–H and O–H groups in total. The van der Waals surface area contributed by atoms with Gasteiger partial charge < -0.3 is 10.2 Å². The number of rotatable bonds is 3. The third-order valence-corrected chi connectivity index (χ3v) is 4.59. The Morgan fingerprint density at radius 1 is 1.14 bits per heavy atom. The molecule has 1 saturated carbocycles. The Morgan fingerprint density at radius 2 is 1.81 bits per heavy atom. The fourth-order valence-corrected chi connectivity index (χ4v) is 3.27. The first-order valence-corrected chi connectivity index (χ1v) is 7.83. The van der Waals surface area contributed by atoms with Crippen molar-refractivity contribution < 1.29 is 9.59 Å². The van der Waals surface area contributed by atoms with Gasteiger partial charge in [-0.2, -0.15) is 0 Å². The second-order valence-corrected chi connectivity index (χ2v) is 6.16. The van der Waals surface area contributed by atoms with E-state index in [2.05, 4.69) is 5.32 Å². The molecule has 1 aromatic rings. The average Bonchev–Trinajstić information content (AvgIpc) is 3.11. The Bertz CT molecular complexity index is 532. The van der Waals surface area contributed by atoms with Gasteiger partial charge in [0.25, 0.3) is 0 Å². The molecule has 0 spiro atoms. The molecule has 2 amide bonds. The number of hydrogen-bond acceptors (Lipinski definition) is 2. The van der Waals surface area contributed by atoms with Gasteiger partial charge in [0.05, 0.1) is 0 Å². The number of amides is 2. The summed E-state index contributed by atoms with van der Waals surface area (Å²) < 4.78 is 0. The van der Waals surface area contributed by atoms with Gasteiger partial charge in [-0.1, -0.05) is 30.5 Å². The molecule has 0 unspecified atom stereocenters. The topological polar surface area (TPSA) is 49.4 Å². The Hall–Kier alpha value is -1.84. The van der Waals surface area contributed by atoms with E-state index in [1.165, 1.54) is 5.56 Å². The van der Waals surface area contributed by atoms with Crippen LogP contribution in [0.2, 0.25) is 0 Å². The van der Waals surface area contributed by atoms with Gasteiger partial charge in [0.15, 0.2) is 0 Å². The minimum atomic E-state index is -0.348. The lowest BCUT2D eigenvalue weighted by atomic mass is 10.1. The third kappa shape index (κ3) is 2.94. The van der Waals surface area contributed by atoms with Crippen molar-refractivity contribution >= 4 is 17.5 Å². The van der Waals surface area contributed by atoms with Crippen LogP contribution >= 0.6 is 0 Å². The first kappa shape index (κ1) is 14.1. The molecule has 1 aromatic carbocycles. The zero-order valence-corrected chi connectivity index (χ0v) is 12.5. The number of nitrogens with one attached hydrogen (secondary N) is 1. The highest BCUT2D eigenvalue weighted by Crippen LogP contribution is 2.26. The van der Waals surface area contributed by atoms with Crippen LogP contribution in [0.15, 0.2) is 24.3 Å². The lowest BCUT2D eigenvalue weighted by molar-refractivity contribution is -0.129. The largest absolute Gasteiger partial charge is 0.344 e. The molecule has 0 aromatic heterocycles. The number of carbonyl (C=O) groups is 2. The van der Waals surface area contributed by atoms with Gasteiger partial charge in [-0.15, -0.1) is 0 Å². The average molecular weight is 286 g/mol. The molecule has 2 fully saturated rings. The minimum absolute atomic E-state index is 0.0187. The number of benzene rings is 1. The Morgan fingerprint density at radius 3 is 2.48 bits per heavy atom. The van der Waals surface area contributed by atoms with Crippen LogP contribution in [0.25, 0.3) is 0 Å². The van der Waals surface area contributed by atoms with Gasteiger partial charge in [0.1, 0.15) is 6.04 Å². The van der Waals surface area contributed by atoms with Crippen LogP contribution in [0.3, 0.4) is 0 Å². The van der Waals surface area contributed by atoms with E-state index in [0.717, 1.165) is 31.4 Å². The van der Waals surface area contributed by atoms with Gasteiger partial charge in [0.2, 0.25) is 11.8 Å². The number of hydrogen-bond donors (Lipinski definition) is 1. The molecule has 1 aliphatic carbocycles. The molecule has 1 heterocycles. The van der Waals surface area contributed by atoms with Crippen LogP contribution in [0.1, 0.15) is 37.7 Å². The highest BCUT2D eigenvalue weighted by atomic mass is 16.2. The van der Waals surface area contributed by atoms with Crippen LogP contribution in [0.5, 0.6) is 0 Å². The van der Waals surface area contributed by atoms with Crippen LogP contribution in [0, 0.1) is 12.8 Å². The summed E-state index contributed by atoms with van der Waals surface area (Å²) in [6.07, 6.45) is 4.90. The van der Waals surface area contributed by atoms with Gasteiger partial charge in [-0.05, 0) is 38.3 Å². The van der Waals surface area contributed by atoms with Gasteiger partial charge in [0, 0.05) is 18.2 Å². The first-order chi connectivity index (χ1) is 10.1. The lowest BCUT2D eigenvalue weighted by Gasteiger charge is -2.18. The Balaban J connectivity index is 1.63. The highest BCUT2D eigenvalue weighted by molar-refractivity contribution is 6.01. The van der Waals surface area contributed by atoms with Crippen molar-refractivity contribution in [3.63, 3.8) is 0 Å². The fraction of sp³-hybridized carbons (Fsp3) is 0.529. The summed E-state index contributed by atoms with van der Waals surface area (Å²) in [5.41, 5.74) is 2.10. The third-order valence-electron chi connectivity index (χ3n) is 4.59. The number of aryl methyl sites for hydroxylation is 1. The molecule has 0 bridgehead atoms. The molecule has 4 nitrogen and oxygen atoms in total. The Kier molecular flexibility index (Phi) is 3.95. The summed E-state index contributed by atoms with van der Waals surface area (Å²) in [6, 6.07) is 7.60. The Labute approximate surface area is 125 Å². The summed E-state index contributed by atoms with van der Waals surface area (Å²) >= 11 is 0.